The van der Waals surface area contributed by atoms with Crippen molar-refractivity contribution in [1.29, 1.82) is 0 Å². The Labute approximate surface area is 73.7 Å². The Kier molecular flexibility index (Phi) is 3.53. The standard InChI is InChI=1S/C9H17NO2/c1-3-8-7-12-6-5-10(4-2)9(8)11/h8H,3-7H2,1-2H3. The number of carbonyl (C=O) groups is 1. The number of hydrogen-bond acceptors (Lipinski definition) is 2. The van der Waals surface area contributed by atoms with Crippen molar-refractivity contribution in [3.05, 3.63) is 0 Å². The monoisotopic (exact) mass is 171 g/mol. The van der Waals surface area contributed by atoms with E-state index in [1.165, 1.54) is 0 Å². The van der Waals surface area contributed by atoms with Gasteiger partial charge in [-0.1, -0.05) is 6.92 Å². The zero-order chi connectivity index (χ0) is 8.97. The molecule has 0 aliphatic carbocycles. The number of nitrogens with zero attached hydrogens (tertiary/aromatic N) is 1. The summed E-state index contributed by atoms with van der Waals surface area (Å²) in [7, 11) is 0. The molecule has 1 unspecified atom stereocenters. The first-order valence-corrected chi connectivity index (χ1v) is 4.66. The molecule has 3 nitrogen and oxygen atoms in total. The molecule has 1 fully saturated rings. The Bertz CT molecular complexity index is 143. The average molecular weight is 171 g/mol. The zero-order valence-electron chi connectivity index (χ0n) is 7.88. The van der Waals surface area contributed by atoms with Crippen molar-refractivity contribution in [1.82, 2.24) is 4.90 Å². The fourth-order valence-electron chi connectivity index (χ4n) is 1.45. The van der Waals surface area contributed by atoms with Crippen LogP contribution in [0.15, 0.2) is 0 Å². The van der Waals surface area contributed by atoms with E-state index >= 15 is 0 Å². The van der Waals surface area contributed by atoms with Gasteiger partial charge in [-0.2, -0.15) is 0 Å². The largest absolute Gasteiger partial charge is 0.379 e. The molecule has 1 amide bonds. The SMILES string of the molecule is CCC1COCCN(CC)C1=O. The van der Waals surface area contributed by atoms with Crippen LogP contribution in [0.2, 0.25) is 0 Å². The van der Waals surface area contributed by atoms with Gasteiger partial charge in [-0.15, -0.1) is 0 Å². The molecule has 1 saturated heterocycles. The summed E-state index contributed by atoms with van der Waals surface area (Å²) in [6.45, 7) is 6.90. The highest BCUT2D eigenvalue weighted by molar-refractivity contribution is 5.79. The number of carbonyl (C=O) groups excluding carboxylic acids is 1. The second-order valence-electron chi connectivity index (χ2n) is 3.10. The van der Waals surface area contributed by atoms with Crippen LogP contribution in [0.25, 0.3) is 0 Å². The van der Waals surface area contributed by atoms with E-state index in [1.807, 2.05) is 18.7 Å². The Morgan fingerprint density at radius 2 is 2.33 bits per heavy atom. The van der Waals surface area contributed by atoms with Crippen LogP contribution in [-0.4, -0.2) is 37.1 Å². The highest BCUT2D eigenvalue weighted by Gasteiger charge is 2.24. The van der Waals surface area contributed by atoms with Crippen LogP contribution >= 0.6 is 0 Å². The Morgan fingerprint density at radius 1 is 1.58 bits per heavy atom. The minimum atomic E-state index is 0.0902. The van der Waals surface area contributed by atoms with Crippen molar-refractivity contribution in [3.63, 3.8) is 0 Å². The Balaban J connectivity index is 2.59. The lowest BCUT2D eigenvalue weighted by Crippen LogP contribution is -2.35. The normalized spacial score (nSPS) is 25.7. The van der Waals surface area contributed by atoms with Crippen LogP contribution in [0.4, 0.5) is 0 Å². The molecule has 0 N–H and O–H groups in total. The average Bonchev–Trinajstić information content (AvgIpc) is 2.27. The lowest BCUT2D eigenvalue weighted by molar-refractivity contribution is -0.134. The van der Waals surface area contributed by atoms with Gasteiger partial charge >= 0.3 is 0 Å². The van der Waals surface area contributed by atoms with Crippen molar-refractivity contribution >= 4 is 5.91 Å². The third-order valence-electron chi connectivity index (χ3n) is 2.36. The van der Waals surface area contributed by atoms with Crippen LogP contribution in [0.5, 0.6) is 0 Å². The van der Waals surface area contributed by atoms with Crippen molar-refractivity contribution in [2.45, 2.75) is 20.3 Å². The minimum Gasteiger partial charge on any atom is -0.379 e. The van der Waals surface area contributed by atoms with Crippen LogP contribution < -0.4 is 0 Å². The third kappa shape index (κ3) is 1.97. The summed E-state index contributed by atoms with van der Waals surface area (Å²) in [5.41, 5.74) is 0. The van der Waals surface area contributed by atoms with E-state index in [0.717, 1.165) is 19.5 Å². The van der Waals surface area contributed by atoms with Crippen molar-refractivity contribution in [3.8, 4) is 0 Å². The maximum atomic E-state index is 11.7. The molecular formula is C9H17NO2. The van der Waals surface area contributed by atoms with E-state index in [9.17, 15) is 4.79 Å². The van der Waals surface area contributed by atoms with Gasteiger partial charge in [-0.3, -0.25) is 4.79 Å². The van der Waals surface area contributed by atoms with Crippen LogP contribution in [-0.2, 0) is 9.53 Å². The lowest BCUT2D eigenvalue weighted by Gasteiger charge is -2.20. The van der Waals surface area contributed by atoms with Crippen molar-refractivity contribution in [2.75, 3.05) is 26.3 Å². The van der Waals surface area contributed by atoms with E-state index in [0.29, 0.717) is 13.2 Å². The van der Waals surface area contributed by atoms with E-state index in [-0.39, 0.29) is 11.8 Å². The molecule has 1 atom stereocenters. The maximum Gasteiger partial charge on any atom is 0.228 e. The van der Waals surface area contributed by atoms with Gasteiger partial charge in [-0.25, -0.2) is 0 Å². The van der Waals surface area contributed by atoms with Gasteiger partial charge < -0.3 is 9.64 Å². The first-order valence-electron chi connectivity index (χ1n) is 4.66. The topological polar surface area (TPSA) is 29.5 Å². The van der Waals surface area contributed by atoms with Crippen LogP contribution in [0.1, 0.15) is 20.3 Å². The molecule has 1 aliphatic heterocycles. The highest BCUT2D eigenvalue weighted by Crippen LogP contribution is 2.11. The third-order valence-corrected chi connectivity index (χ3v) is 2.36. The Hall–Kier alpha value is -0.570. The van der Waals surface area contributed by atoms with Gasteiger partial charge in [0.05, 0.1) is 19.1 Å². The van der Waals surface area contributed by atoms with E-state index in [4.69, 9.17) is 4.74 Å². The molecule has 1 heterocycles. The summed E-state index contributed by atoms with van der Waals surface area (Å²) < 4.78 is 5.34. The molecule has 0 aromatic carbocycles. The molecule has 0 bridgehead atoms. The predicted octanol–water partition coefficient (Wildman–Crippen LogP) is 0.891. The molecule has 3 heteroatoms. The number of rotatable bonds is 2. The summed E-state index contributed by atoms with van der Waals surface area (Å²) in [4.78, 5) is 13.5. The molecule has 1 rings (SSSR count). The number of likely N-dealkylation sites (N-methyl/N-ethyl adjacent to an activating group) is 1. The summed E-state index contributed by atoms with van der Waals surface area (Å²) in [5, 5.41) is 0. The number of amides is 1. The molecule has 1 aliphatic rings. The maximum absolute atomic E-state index is 11.7. The lowest BCUT2D eigenvalue weighted by atomic mass is 10.1. The fraction of sp³-hybridized carbons (Fsp3) is 0.889. The quantitative estimate of drug-likeness (QED) is 0.617. The number of ether oxygens (including phenoxy) is 1. The smallest absolute Gasteiger partial charge is 0.228 e. The minimum absolute atomic E-state index is 0.0902. The van der Waals surface area contributed by atoms with Gasteiger partial charge in [0.15, 0.2) is 0 Å². The van der Waals surface area contributed by atoms with Crippen molar-refractivity contribution < 1.29 is 9.53 Å². The predicted molar refractivity (Wildman–Crippen MR) is 46.9 cm³/mol. The van der Waals surface area contributed by atoms with E-state index in [1.54, 1.807) is 0 Å². The first kappa shape index (κ1) is 9.52. The summed E-state index contributed by atoms with van der Waals surface area (Å²) in [5.74, 6) is 0.352. The molecular weight excluding hydrogens is 154 g/mol. The molecule has 0 radical (unpaired) electrons. The van der Waals surface area contributed by atoms with Gasteiger partial charge in [0, 0.05) is 13.1 Å². The summed E-state index contributed by atoms with van der Waals surface area (Å²) >= 11 is 0. The Morgan fingerprint density at radius 3 is 2.92 bits per heavy atom. The van der Waals surface area contributed by atoms with Gasteiger partial charge in [0.25, 0.3) is 0 Å². The molecule has 0 spiro atoms. The van der Waals surface area contributed by atoms with Gasteiger partial charge in [0.2, 0.25) is 5.91 Å². The molecule has 0 aromatic heterocycles. The van der Waals surface area contributed by atoms with Gasteiger partial charge in [0.1, 0.15) is 0 Å². The fourth-order valence-corrected chi connectivity index (χ4v) is 1.45. The summed E-state index contributed by atoms with van der Waals surface area (Å²) in [6.07, 6.45) is 0.884. The molecule has 70 valence electrons. The highest BCUT2D eigenvalue weighted by atomic mass is 16.5. The summed E-state index contributed by atoms with van der Waals surface area (Å²) in [6, 6.07) is 0. The van der Waals surface area contributed by atoms with Crippen LogP contribution in [0.3, 0.4) is 0 Å². The molecule has 0 saturated carbocycles. The van der Waals surface area contributed by atoms with Gasteiger partial charge in [-0.05, 0) is 13.3 Å². The molecule has 12 heavy (non-hydrogen) atoms. The van der Waals surface area contributed by atoms with E-state index < -0.39 is 0 Å². The second kappa shape index (κ2) is 4.45. The first-order chi connectivity index (χ1) is 5.79. The van der Waals surface area contributed by atoms with Crippen LogP contribution in [0, 0.1) is 5.92 Å². The van der Waals surface area contributed by atoms with Crippen molar-refractivity contribution in [2.24, 2.45) is 5.92 Å². The zero-order valence-corrected chi connectivity index (χ0v) is 7.88. The molecule has 0 aromatic rings. The van der Waals surface area contributed by atoms with E-state index in [2.05, 4.69) is 0 Å². The number of hydrogen-bond donors (Lipinski definition) is 0. The second-order valence-corrected chi connectivity index (χ2v) is 3.10.